The molecule has 9 heteroatoms. The number of rotatable bonds is 4. The number of nitrogens with zero attached hydrogens (tertiary/aromatic N) is 4. The Morgan fingerprint density at radius 1 is 1.17 bits per heavy atom. The molecule has 160 valence electrons. The number of piperazine rings is 1. The number of hydrogen-bond acceptors (Lipinski definition) is 6. The summed E-state index contributed by atoms with van der Waals surface area (Å²) < 4.78 is 0. The van der Waals surface area contributed by atoms with Crippen molar-refractivity contribution in [2.45, 2.75) is 24.9 Å². The van der Waals surface area contributed by atoms with E-state index >= 15 is 0 Å². The van der Waals surface area contributed by atoms with Crippen LogP contribution in [0.15, 0.2) is 31.0 Å². The molecule has 4 rings (SSSR count). The van der Waals surface area contributed by atoms with E-state index in [-0.39, 0.29) is 30.7 Å². The van der Waals surface area contributed by atoms with Gasteiger partial charge in [0.15, 0.2) is 0 Å². The van der Waals surface area contributed by atoms with Crippen LogP contribution in [0.2, 0.25) is 0 Å². The van der Waals surface area contributed by atoms with Gasteiger partial charge in [0.1, 0.15) is 11.5 Å². The number of aromatic nitrogens is 1. The van der Waals surface area contributed by atoms with Crippen LogP contribution < -0.4 is 10.6 Å². The highest BCUT2D eigenvalue weighted by Gasteiger charge is 2.41. The summed E-state index contributed by atoms with van der Waals surface area (Å²) in [7, 11) is 0. The lowest BCUT2D eigenvalue weighted by molar-refractivity contribution is -0.141. The molecule has 0 bridgehead atoms. The normalized spacial score (nSPS) is 24.7. The Bertz CT molecular complexity index is 851. The third-order valence-corrected chi connectivity index (χ3v) is 6.13. The van der Waals surface area contributed by atoms with Crippen LogP contribution in [-0.2, 0) is 9.59 Å². The molecule has 4 heterocycles. The molecule has 1 aromatic heterocycles. The summed E-state index contributed by atoms with van der Waals surface area (Å²) in [5.41, 5.74) is -0.219. The monoisotopic (exact) mass is 412 g/mol. The molecule has 2 N–H and O–H groups in total. The maximum absolute atomic E-state index is 12.8. The van der Waals surface area contributed by atoms with Crippen LogP contribution in [0.1, 0.15) is 29.6 Å². The van der Waals surface area contributed by atoms with Gasteiger partial charge in [0.2, 0.25) is 11.8 Å². The number of hydrogen-bond donors (Lipinski definition) is 2. The molecule has 0 radical (unpaired) electrons. The molecule has 30 heavy (non-hydrogen) atoms. The van der Waals surface area contributed by atoms with Gasteiger partial charge < -0.3 is 20.4 Å². The third-order valence-electron chi connectivity index (χ3n) is 6.13. The Morgan fingerprint density at radius 3 is 2.73 bits per heavy atom. The number of anilines is 1. The second kappa shape index (κ2) is 8.43. The largest absolute Gasteiger partial charge is 0.347 e. The van der Waals surface area contributed by atoms with E-state index in [4.69, 9.17) is 0 Å². The van der Waals surface area contributed by atoms with Gasteiger partial charge in [-0.05, 0) is 18.6 Å². The molecule has 1 atom stereocenters. The molecule has 3 aliphatic heterocycles. The molecule has 0 aliphatic carbocycles. The lowest BCUT2D eigenvalue weighted by atomic mass is 9.97. The first-order valence-corrected chi connectivity index (χ1v) is 10.4. The minimum absolute atomic E-state index is 0.0230. The van der Waals surface area contributed by atoms with Crippen LogP contribution in [0, 0.1) is 0 Å². The van der Waals surface area contributed by atoms with E-state index in [9.17, 15) is 14.4 Å². The van der Waals surface area contributed by atoms with Crippen LogP contribution in [0.25, 0.3) is 0 Å². The minimum atomic E-state index is -0.720. The lowest BCUT2D eigenvalue weighted by Gasteiger charge is -2.39. The highest BCUT2D eigenvalue weighted by Crippen LogP contribution is 2.30. The summed E-state index contributed by atoms with van der Waals surface area (Å²) in [6.07, 6.45) is 4.74. The fourth-order valence-corrected chi connectivity index (χ4v) is 4.33. The molecule has 0 aromatic carbocycles. The van der Waals surface area contributed by atoms with Crippen molar-refractivity contribution < 1.29 is 14.4 Å². The smallest absolute Gasteiger partial charge is 0.256 e. The molecular formula is C21H28N6O3. The zero-order valence-electron chi connectivity index (χ0n) is 17.1. The van der Waals surface area contributed by atoms with E-state index < -0.39 is 5.66 Å². The van der Waals surface area contributed by atoms with Crippen LogP contribution in [0.3, 0.4) is 0 Å². The molecule has 1 spiro atoms. The predicted molar refractivity (Wildman–Crippen MR) is 112 cm³/mol. The molecule has 2 saturated heterocycles. The van der Waals surface area contributed by atoms with Gasteiger partial charge in [0.25, 0.3) is 5.91 Å². The van der Waals surface area contributed by atoms with Crippen LogP contribution in [0.5, 0.6) is 0 Å². The number of fused-ring (bicyclic) bond motifs is 1. The number of amides is 3. The van der Waals surface area contributed by atoms with E-state index in [2.05, 4.69) is 27.1 Å². The number of carbonyl (C=O) groups excluding carboxylic acids is 3. The maximum atomic E-state index is 12.8. The summed E-state index contributed by atoms with van der Waals surface area (Å²) in [5, 5.41) is 6.35. The quantitative estimate of drug-likeness (QED) is 0.690. The van der Waals surface area contributed by atoms with E-state index in [1.54, 1.807) is 23.2 Å². The average Bonchev–Trinajstić information content (AvgIpc) is 2.89. The molecule has 1 unspecified atom stereocenters. The van der Waals surface area contributed by atoms with Gasteiger partial charge in [0, 0.05) is 58.3 Å². The first-order valence-electron chi connectivity index (χ1n) is 10.4. The van der Waals surface area contributed by atoms with Crippen molar-refractivity contribution in [2.75, 3.05) is 51.1 Å². The Labute approximate surface area is 176 Å². The highest BCUT2D eigenvalue weighted by atomic mass is 16.2. The lowest BCUT2D eigenvalue weighted by Crippen LogP contribution is -2.58. The van der Waals surface area contributed by atoms with Crippen LogP contribution in [0.4, 0.5) is 5.82 Å². The van der Waals surface area contributed by atoms with Gasteiger partial charge in [-0.2, -0.15) is 0 Å². The number of nitrogens with one attached hydrogen (secondary N) is 2. The Balaban J connectivity index is 1.37. The van der Waals surface area contributed by atoms with Crippen molar-refractivity contribution in [1.82, 2.24) is 25.0 Å². The van der Waals surface area contributed by atoms with Crippen molar-refractivity contribution in [3.8, 4) is 0 Å². The molecule has 0 saturated carbocycles. The fourth-order valence-electron chi connectivity index (χ4n) is 4.33. The first kappa shape index (κ1) is 20.3. The van der Waals surface area contributed by atoms with Gasteiger partial charge >= 0.3 is 0 Å². The second-order valence-corrected chi connectivity index (χ2v) is 8.10. The van der Waals surface area contributed by atoms with E-state index in [0.717, 1.165) is 19.6 Å². The van der Waals surface area contributed by atoms with Gasteiger partial charge in [-0.3, -0.25) is 19.3 Å². The van der Waals surface area contributed by atoms with Crippen molar-refractivity contribution in [3.63, 3.8) is 0 Å². The summed E-state index contributed by atoms with van der Waals surface area (Å²) in [5.74, 6) is 0.264. The van der Waals surface area contributed by atoms with Crippen LogP contribution >= 0.6 is 0 Å². The Hall–Kier alpha value is -2.94. The second-order valence-electron chi connectivity index (χ2n) is 8.10. The van der Waals surface area contributed by atoms with Gasteiger partial charge in [-0.25, -0.2) is 4.98 Å². The SMILES string of the molecule is C=CCN1CCN(C(=O)CN2CCC3(CCC2=O)NC(=O)c2cccnc2N3)CC1. The number of carbonyl (C=O) groups is 3. The number of likely N-dealkylation sites (tertiary alicyclic amines) is 1. The summed E-state index contributed by atoms with van der Waals surface area (Å²) in [6.45, 7) is 8.03. The topological polar surface area (TPSA) is 97.9 Å². The van der Waals surface area contributed by atoms with Crippen molar-refractivity contribution in [3.05, 3.63) is 36.5 Å². The van der Waals surface area contributed by atoms with Crippen LogP contribution in [-0.4, -0.2) is 88.9 Å². The zero-order valence-corrected chi connectivity index (χ0v) is 17.1. The molecule has 1 aromatic rings. The molecular weight excluding hydrogens is 384 g/mol. The minimum Gasteiger partial charge on any atom is -0.347 e. The average molecular weight is 412 g/mol. The zero-order chi connectivity index (χ0) is 21.1. The summed E-state index contributed by atoms with van der Waals surface area (Å²) in [4.78, 5) is 48.0. The fraction of sp³-hybridized carbons (Fsp3) is 0.524. The van der Waals surface area contributed by atoms with Crippen molar-refractivity contribution >= 4 is 23.5 Å². The maximum Gasteiger partial charge on any atom is 0.256 e. The van der Waals surface area contributed by atoms with Gasteiger partial charge in [-0.15, -0.1) is 6.58 Å². The summed E-state index contributed by atoms with van der Waals surface area (Å²) in [6, 6.07) is 3.44. The van der Waals surface area contributed by atoms with E-state index in [0.29, 0.717) is 43.9 Å². The van der Waals surface area contributed by atoms with E-state index in [1.807, 2.05) is 11.0 Å². The standard InChI is InChI=1S/C21H28N6O3/c1-2-9-25-11-13-26(14-12-25)18(29)15-27-10-7-21(6-5-17(27)28)23-19-16(20(30)24-21)4-3-8-22-19/h2-4,8H,1,5-7,9-15H2,(H,22,23)(H,24,30). The predicted octanol–water partition coefficient (Wildman–Crippen LogP) is 0.276. The number of pyridine rings is 1. The Morgan fingerprint density at radius 2 is 1.97 bits per heavy atom. The van der Waals surface area contributed by atoms with E-state index in [1.165, 1.54) is 0 Å². The molecule has 2 fully saturated rings. The van der Waals surface area contributed by atoms with Crippen molar-refractivity contribution in [1.29, 1.82) is 0 Å². The van der Waals surface area contributed by atoms with Gasteiger partial charge in [0.05, 0.1) is 12.1 Å². The Kier molecular flexibility index (Phi) is 5.72. The summed E-state index contributed by atoms with van der Waals surface area (Å²) >= 11 is 0. The third kappa shape index (κ3) is 4.16. The van der Waals surface area contributed by atoms with Gasteiger partial charge in [-0.1, -0.05) is 6.08 Å². The van der Waals surface area contributed by atoms with Crippen molar-refractivity contribution in [2.24, 2.45) is 0 Å². The molecule has 3 amide bonds. The molecule has 9 nitrogen and oxygen atoms in total. The first-order chi connectivity index (χ1) is 14.5. The highest BCUT2D eigenvalue weighted by molar-refractivity contribution is 6.01. The molecule has 3 aliphatic rings.